The highest BCUT2D eigenvalue weighted by Gasteiger charge is 2.25. The molecule has 0 saturated carbocycles. The highest BCUT2D eigenvalue weighted by atomic mass is 15.4. The molecule has 1 aromatic rings. The second kappa shape index (κ2) is 2.82. The summed E-state index contributed by atoms with van der Waals surface area (Å²) in [6, 6.07) is 0. The molecule has 76 valence electrons. The zero-order valence-electron chi connectivity index (χ0n) is 8.51. The molecule has 1 atom stereocenters. The lowest BCUT2D eigenvalue weighted by Crippen LogP contribution is -2.41. The first-order valence-corrected chi connectivity index (χ1v) is 4.99. The van der Waals surface area contributed by atoms with Crippen molar-refractivity contribution in [3.63, 3.8) is 0 Å². The summed E-state index contributed by atoms with van der Waals surface area (Å²) >= 11 is 0. The topological polar surface area (TPSA) is 42.2 Å². The van der Waals surface area contributed by atoms with Gasteiger partial charge in [-0.25, -0.2) is 4.68 Å². The Morgan fingerprint density at radius 3 is 3.13 bits per heavy atom. The van der Waals surface area contributed by atoms with Crippen LogP contribution >= 0.6 is 0 Å². The largest absolute Gasteiger partial charge is 0.364 e. The summed E-state index contributed by atoms with van der Waals surface area (Å²) in [7, 11) is 0. The molecule has 0 bridgehead atoms. The van der Waals surface area contributed by atoms with E-state index in [9.17, 15) is 0 Å². The molecule has 4 nitrogen and oxygen atoms in total. The molecule has 3 heterocycles. The smallest absolute Gasteiger partial charge is 0.147 e. The van der Waals surface area contributed by atoms with Crippen molar-refractivity contribution in [1.82, 2.24) is 15.1 Å². The van der Waals surface area contributed by atoms with E-state index >= 15 is 0 Å². The van der Waals surface area contributed by atoms with Crippen molar-refractivity contribution < 1.29 is 0 Å². The Bertz CT molecular complexity index is 481. The molecule has 0 saturated heterocycles. The van der Waals surface area contributed by atoms with E-state index in [1.54, 1.807) is 0 Å². The van der Waals surface area contributed by atoms with Gasteiger partial charge < -0.3 is 5.32 Å². The predicted octanol–water partition coefficient (Wildman–Crippen LogP) is 1.16. The molecular formula is C11H12N4. The van der Waals surface area contributed by atoms with Gasteiger partial charge in [0.05, 0.1) is 12.2 Å². The van der Waals surface area contributed by atoms with E-state index in [1.807, 2.05) is 35.4 Å². The molecule has 1 aromatic heterocycles. The summed E-state index contributed by atoms with van der Waals surface area (Å²) < 4.78 is 1.95. The Morgan fingerprint density at radius 2 is 2.40 bits per heavy atom. The van der Waals surface area contributed by atoms with E-state index in [2.05, 4.69) is 28.4 Å². The van der Waals surface area contributed by atoms with Crippen molar-refractivity contribution in [3.05, 3.63) is 41.9 Å². The zero-order chi connectivity index (χ0) is 10.3. The molecule has 0 spiro atoms. The Kier molecular flexibility index (Phi) is 1.59. The monoisotopic (exact) mass is 200 g/mol. The highest BCUT2D eigenvalue weighted by Crippen LogP contribution is 2.20. The van der Waals surface area contributed by atoms with Crippen molar-refractivity contribution in [3.8, 4) is 0 Å². The van der Waals surface area contributed by atoms with Crippen LogP contribution in [0.25, 0.3) is 0 Å². The predicted molar refractivity (Wildman–Crippen MR) is 58.6 cm³/mol. The number of dihydropyridines is 1. The van der Waals surface area contributed by atoms with Gasteiger partial charge in [-0.3, -0.25) is 4.99 Å². The third kappa shape index (κ3) is 1.21. The van der Waals surface area contributed by atoms with Gasteiger partial charge in [0, 0.05) is 18.0 Å². The van der Waals surface area contributed by atoms with Crippen molar-refractivity contribution >= 4 is 6.21 Å². The van der Waals surface area contributed by atoms with Crippen LogP contribution in [0, 0.1) is 0 Å². The molecule has 4 heteroatoms. The Hall–Kier alpha value is -1.84. The summed E-state index contributed by atoms with van der Waals surface area (Å²) in [5.74, 6) is 0. The van der Waals surface area contributed by atoms with Gasteiger partial charge >= 0.3 is 0 Å². The molecular weight excluding hydrogens is 188 g/mol. The Labute approximate surface area is 88.0 Å². The van der Waals surface area contributed by atoms with E-state index in [0.29, 0.717) is 6.54 Å². The Balaban J connectivity index is 2.02. The molecule has 0 radical (unpaired) electrons. The highest BCUT2D eigenvalue weighted by molar-refractivity contribution is 5.83. The lowest BCUT2D eigenvalue weighted by Gasteiger charge is -2.29. The minimum absolute atomic E-state index is 0.257. The maximum Gasteiger partial charge on any atom is 0.147 e. The van der Waals surface area contributed by atoms with Crippen LogP contribution in [0.1, 0.15) is 18.2 Å². The van der Waals surface area contributed by atoms with Crippen molar-refractivity contribution in [1.29, 1.82) is 0 Å². The number of hydrogen-bond acceptors (Lipinski definition) is 3. The fourth-order valence-electron chi connectivity index (χ4n) is 1.83. The molecule has 1 unspecified atom stereocenters. The van der Waals surface area contributed by atoms with E-state index in [0.717, 1.165) is 11.3 Å². The standard InChI is InChI=1S/C11H12N4/c1-11(4-2-3-5-13-11)15-8-9-6-12-7-10(9)14-15/h2-6,8,13H,7H2,1H3. The van der Waals surface area contributed by atoms with Gasteiger partial charge in [0.15, 0.2) is 0 Å². The van der Waals surface area contributed by atoms with E-state index < -0.39 is 0 Å². The maximum absolute atomic E-state index is 4.53. The van der Waals surface area contributed by atoms with E-state index in [-0.39, 0.29) is 5.66 Å². The molecule has 3 rings (SSSR count). The molecule has 0 amide bonds. The number of aromatic nitrogens is 2. The van der Waals surface area contributed by atoms with Crippen molar-refractivity contribution in [2.75, 3.05) is 0 Å². The zero-order valence-corrected chi connectivity index (χ0v) is 8.51. The minimum atomic E-state index is -0.257. The summed E-state index contributed by atoms with van der Waals surface area (Å²) in [6.07, 6.45) is 11.9. The average molecular weight is 200 g/mol. The first kappa shape index (κ1) is 8.47. The number of hydrogen-bond donors (Lipinski definition) is 1. The molecule has 2 aliphatic heterocycles. The molecule has 0 aliphatic carbocycles. The fraction of sp³-hybridized carbons (Fsp3) is 0.273. The summed E-state index contributed by atoms with van der Waals surface area (Å²) in [5, 5.41) is 7.82. The number of rotatable bonds is 1. The van der Waals surface area contributed by atoms with Crippen LogP contribution in [0.5, 0.6) is 0 Å². The van der Waals surface area contributed by atoms with Gasteiger partial charge in [0.2, 0.25) is 0 Å². The van der Waals surface area contributed by atoms with Crippen LogP contribution in [0.3, 0.4) is 0 Å². The van der Waals surface area contributed by atoms with E-state index in [4.69, 9.17) is 0 Å². The van der Waals surface area contributed by atoms with Gasteiger partial charge in [0.25, 0.3) is 0 Å². The van der Waals surface area contributed by atoms with Crippen molar-refractivity contribution in [2.45, 2.75) is 19.1 Å². The molecule has 15 heavy (non-hydrogen) atoms. The number of nitrogens with zero attached hydrogens (tertiary/aromatic N) is 3. The van der Waals surface area contributed by atoms with Crippen LogP contribution in [0.4, 0.5) is 0 Å². The normalized spacial score (nSPS) is 26.7. The second-order valence-electron chi connectivity index (χ2n) is 3.96. The van der Waals surface area contributed by atoms with Crippen LogP contribution in [-0.4, -0.2) is 16.0 Å². The van der Waals surface area contributed by atoms with E-state index in [1.165, 1.54) is 0 Å². The first-order valence-electron chi connectivity index (χ1n) is 4.99. The number of allylic oxidation sites excluding steroid dienone is 2. The molecule has 0 fully saturated rings. The fourth-order valence-corrected chi connectivity index (χ4v) is 1.83. The quantitative estimate of drug-likeness (QED) is 0.739. The summed E-state index contributed by atoms with van der Waals surface area (Å²) in [5.41, 5.74) is 1.93. The second-order valence-corrected chi connectivity index (χ2v) is 3.96. The maximum atomic E-state index is 4.53. The summed E-state index contributed by atoms with van der Waals surface area (Å²) in [4.78, 5) is 4.17. The van der Waals surface area contributed by atoms with Crippen molar-refractivity contribution in [2.24, 2.45) is 4.99 Å². The molecule has 0 aromatic carbocycles. The van der Waals surface area contributed by atoms with Gasteiger partial charge in [-0.05, 0) is 25.3 Å². The minimum Gasteiger partial charge on any atom is -0.364 e. The molecule has 1 N–H and O–H groups in total. The molecule has 2 aliphatic rings. The number of fused-ring (bicyclic) bond motifs is 1. The lowest BCUT2D eigenvalue weighted by atomic mass is 10.1. The van der Waals surface area contributed by atoms with Gasteiger partial charge in [0.1, 0.15) is 5.66 Å². The van der Waals surface area contributed by atoms with Crippen LogP contribution in [0.2, 0.25) is 0 Å². The third-order valence-corrected chi connectivity index (χ3v) is 2.77. The summed E-state index contributed by atoms with van der Waals surface area (Å²) in [6.45, 7) is 2.80. The van der Waals surface area contributed by atoms with Crippen LogP contribution in [-0.2, 0) is 12.2 Å². The third-order valence-electron chi connectivity index (χ3n) is 2.77. The van der Waals surface area contributed by atoms with Gasteiger partial charge in [-0.15, -0.1) is 0 Å². The van der Waals surface area contributed by atoms with Crippen LogP contribution < -0.4 is 5.32 Å². The SMILES string of the molecule is CC1(n2cc3c(n2)CN=C3)C=CC=CN1. The van der Waals surface area contributed by atoms with Gasteiger partial charge in [-0.2, -0.15) is 5.10 Å². The lowest BCUT2D eigenvalue weighted by molar-refractivity contribution is 0.321. The van der Waals surface area contributed by atoms with Crippen LogP contribution in [0.15, 0.2) is 35.6 Å². The Morgan fingerprint density at radius 1 is 1.47 bits per heavy atom. The first-order chi connectivity index (χ1) is 7.28. The van der Waals surface area contributed by atoms with Gasteiger partial charge in [-0.1, -0.05) is 6.08 Å². The number of nitrogens with one attached hydrogen (secondary N) is 1. The number of aliphatic imine (C=N–C) groups is 1. The average Bonchev–Trinajstić information content (AvgIpc) is 2.77.